The van der Waals surface area contributed by atoms with E-state index in [9.17, 15) is 9.59 Å². The van der Waals surface area contributed by atoms with Crippen molar-refractivity contribution in [3.05, 3.63) is 0 Å². The summed E-state index contributed by atoms with van der Waals surface area (Å²) < 4.78 is 10.0. The average molecular weight is 255 g/mol. The summed E-state index contributed by atoms with van der Waals surface area (Å²) in [6.45, 7) is 5.50. The van der Waals surface area contributed by atoms with E-state index in [1.807, 2.05) is 20.8 Å². The molecular formula is C13H21NO4. The van der Waals surface area contributed by atoms with E-state index in [-0.39, 0.29) is 17.9 Å². The topological polar surface area (TPSA) is 64.6 Å². The SMILES string of the molecule is COC(=O)[C@H]1C[C@@H](NC(=O)OC(C)(C)C)[C@@H]2C[C@@H]21. The Morgan fingerprint density at radius 2 is 1.83 bits per heavy atom. The number of alkyl carbamates (subject to hydrolysis) is 1. The maximum absolute atomic E-state index is 11.7. The Morgan fingerprint density at radius 3 is 2.39 bits per heavy atom. The van der Waals surface area contributed by atoms with Crippen LogP contribution < -0.4 is 5.32 Å². The van der Waals surface area contributed by atoms with Gasteiger partial charge in [-0.3, -0.25) is 4.79 Å². The number of nitrogens with one attached hydrogen (secondary N) is 1. The molecule has 0 radical (unpaired) electrons. The molecule has 0 unspecified atom stereocenters. The van der Waals surface area contributed by atoms with Crippen LogP contribution in [-0.2, 0) is 14.3 Å². The van der Waals surface area contributed by atoms with Crippen LogP contribution in [0.2, 0.25) is 0 Å². The standard InChI is InChI=1S/C13H21NO4/c1-13(2,3)18-12(16)14-10-6-9(11(15)17-4)7-5-8(7)10/h7-10H,5-6H2,1-4H3,(H,14,16)/t7-,8+,9-,10+/m0/s1. The van der Waals surface area contributed by atoms with Crippen LogP contribution in [0.25, 0.3) is 0 Å². The summed E-state index contributed by atoms with van der Waals surface area (Å²) in [7, 11) is 1.41. The highest BCUT2D eigenvalue weighted by atomic mass is 16.6. The Hall–Kier alpha value is -1.26. The van der Waals surface area contributed by atoms with Crippen molar-refractivity contribution in [3.63, 3.8) is 0 Å². The van der Waals surface area contributed by atoms with E-state index in [0.29, 0.717) is 18.3 Å². The minimum atomic E-state index is -0.493. The molecule has 0 aromatic carbocycles. The fraction of sp³-hybridized carbons (Fsp3) is 0.846. The van der Waals surface area contributed by atoms with Crippen LogP contribution >= 0.6 is 0 Å². The normalized spacial score (nSPS) is 33.6. The van der Waals surface area contributed by atoms with Gasteiger partial charge >= 0.3 is 12.1 Å². The smallest absolute Gasteiger partial charge is 0.407 e. The first-order valence-corrected chi connectivity index (χ1v) is 6.39. The highest BCUT2D eigenvalue weighted by Gasteiger charge is 2.57. The van der Waals surface area contributed by atoms with Gasteiger partial charge in [0.15, 0.2) is 0 Å². The summed E-state index contributed by atoms with van der Waals surface area (Å²) >= 11 is 0. The monoisotopic (exact) mass is 255 g/mol. The molecule has 2 aliphatic carbocycles. The van der Waals surface area contributed by atoms with E-state index < -0.39 is 11.7 Å². The highest BCUT2D eigenvalue weighted by molar-refractivity contribution is 5.75. The molecule has 0 aromatic rings. The lowest BCUT2D eigenvalue weighted by molar-refractivity contribution is -0.146. The number of hydrogen-bond acceptors (Lipinski definition) is 4. The van der Waals surface area contributed by atoms with Crippen LogP contribution in [0.3, 0.4) is 0 Å². The Labute approximate surface area is 107 Å². The molecule has 0 heterocycles. The molecule has 102 valence electrons. The lowest BCUT2D eigenvalue weighted by Crippen LogP contribution is -2.39. The van der Waals surface area contributed by atoms with Crippen molar-refractivity contribution in [3.8, 4) is 0 Å². The fourth-order valence-electron chi connectivity index (χ4n) is 2.83. The van der Waals surface area contributed by atoms with Crippen LogP contribution in [-0.4, -0.2) is 30.8 Å². The largest absolute Gasteiger partial charge is 0.469 e. The van der Waals surface area contributed by atoms with Crippen LogP contribution in [0.5, 0.6) is 0 Å². The summed E-state index contributed by atoms with van der Waals surface area (Å²) in [6, 6.07) is 0.0500. The molecule has 18 heavy (non-hydrogen) atoms. The van der Waals surface area contributed by atoms with Gasteiger partial charge in [0.1, 0.15) is 5.60 Å². The van der Waals surface area contributed by atoms with Gasteiger partial charge in [-0.15, -0.1) is 0 Å². The minimum Gasteiger partial charge on any atom is -0.469 e. The lowest BCUT2D eigenvalue weighted by Gasteiger charge is -2.22. The van der Waals surface area contributed by atoms with Crippen molar-refractivity contribution in [2.24, 2.45) is 17.8 Å². The molecule has 2 saturated carbocycles. The Balaban J connectivity index is 1.86. The van der Waals surface area contributed by atoms with Gasteiger partial charge in [-0.25, -0.2) is 4.79 Å². The Bertz CT molecular complexity index is 360. The van der Waals surface area contributed by atoms with Crippen molar-refractivity contribution < 1.29 is 19.1 Å². The van der Waals surface area contributed by atoms with Gasteiger partial charge in [0.25, 0.3) is 0 Å². The predicted octanol–water partition coefficient (Wildman–Crippen LogP) is 1.71. The zero-order valence-electron chi connectivity index (χ0n) is 11.4. The number of rotatable bonds is 2. The Kier molecular flexibility index (Phi) is 3.25. The van der Waals surface area contributed by atoms with E-state index in [0.717, 1.165) is 6.42 Å². The zero-order valence-corrected chi connectivity index (χ0v) is 11.4. The van der Waals surface area contributed by atoms with Crippen molar-refractivity contribution in [2.45, 2.75) is 45.3 Å². The second-order valence-corrected chi connectivity index (χ2v) is 6.18. The third kappa shape index (κ3) is 2.76. The summed E-state index contributed by atoms with van der Waals surface area (Å²) in [5.74, 6) is 0.593. The fourth-order valence-corrected chi connectivity index (χ4v) is 2.83. The number of carbonyl (C=O) groups is 2. The summed E-state index contributed by atoms with van der Waals surface area (Å²) in [5.41, 5.74) is -0.493. The first-order chi connectivity index (χ1) is 8.31. The van der Waals surface area contributed by atoms with Gasteiger partial charge in [0.05, 0.1) is 13.0 Å². The number of esters is 1. The van der Waals surface area contributed by atoms with Crippen LogP contribution in [0.4, 0.5) is 4.79 Å². The first-order valence-electron chi connectivity index (χ1n) is 6.39. The molecule has 4 atom stereocenters. The third-order valence-corrected chi connectivity index (χ3v) is 3.64. The molecule has 1 amide bonds. The molecule has 2 fully saturated rings. The third-order valence-electron chi connectivity index (χ3n) is 3.64. The number of amides is 1. The van der Waals surface area contributed by atoms with Crippen molar-refractivity contribution in [2.75, 3.05) is 7.11 Å². The molecule has 0 aliphatic heterocycles. The molecule has 0 bridgehead atoms. The molecule has 2 aliphatic rings. The van der Waals surface area contributed by atoms with Gasteiger partial charge in [-0.2, -0.15) is 0 Å². The van der Waals surface area contributed by atoms with Gasteiger partial charge in [-0.1, -0.05) is 0 Å². The summed E-state index contributed by atoms with van der Waals surface area (Å²) in [6.07, 6.45) is 1.27. The average Bonchev–Trinajstić information content (AvgIpc) is 2.94. The van der Waals surface area contributed by atoms with Gasteiger partial charge in [0, 0.05) is 6.04 Å². The lowest BCUT2D eigenvalue weighted by atomic mass is 10.0. The second kappa shape index (κ2) is 4.44. The molecule has 0 saturated heterocycles. The number of carbonyl (C=O) groups excluding carboxylic acids is 2. The van der Waals surface area contributed by atoms with Gasteiger partial charge < -0.3 is 14.8 Å². The quantitative estimate of drug-likeness (QED) is 0.763. The number of methoxy groups -OCH3 is 1. The zero-order chi connectivity index (χ0) is 13.5. The van der Waals surface area contributed by atoms with E-state index in [1.54, 1.807) is 0 Å². The second-order valence-electron chi connectivity index (χ2n) is 6.18. The first kappa shape index (κ1) is 13.2. The number of fused-ring (bicyclic) bond motifs is 1. The number of ether oxygens (including phenoxy) is 2. The van der Waals surface area contributed by atoms with Crippen LogP contribution in [0.1, 0.15) is 33.6 Å². The molecule has 0 spiro atoms. The maximum Gasteiger partial charge on any atom is 0.407 e. The minimum absolute atomic E-state index is 0.0500. The number of hydrogen-bond donors (Lipinski definition) is 1. The van der Waals surface area contributed by atoms with Gasteiger partial charge in [0.2, 0.25) is 0 Å². The molecule has 5 nitrogen and oxygen atoms in total. The molecule has 1 N–H and O–H groups in total. The van der Waals surface area contributed by atoms with E-state index in [2.05, 4.69) is 5.32 Å². The molecule has 5 heteroatoms. The van der Waals surface area contributed by atoms with E-state index in [1.165, 1.54) is 7.11 Å². The highest BCUT2D eigenvalue weighted by Crippen LogP contribution is 2.55. The Morgan fingerprint density at radius 1 is 1.17 bits per heavy atom. The predicted molar refractivity (Wildman–Crippen MR) is 64.9 cm³/mol. The van der Waals surface area contributed by atoms with Crippen molar-refractivity contribution in [1.82, 2.24) is 5.32 Å². The molecular weight excluding hydrogens is 234 g/mol. The van der Waals surface area contributed by atoms with Crippen molar-refractivity contribution in [1.29, 1.82) is 0 Å². The summed E-state index contributed by atoms with van der Waals surface area (Å²) in [5, 5.41) is 2.87. The maximum atomic E-state index is 11.7. The van der Waals surface area contributed by atoms with Crippen LogP contribution in [0.15, 0.2) is 0 Å². The van der Waals surface area contributed by atoms with E-state index in [4.69, 9.17) is 9.47 Å². The van der Waals surface area contributed by atoms with Gasteiger partial charge in [-0.05, 0) is 45.4 Å². The summed E-state index contributed by atoms with van der Waals surface area (Å²) in [4.78, 5) is 23.2. The molecule has 2 rings (SSSR count). The van der Waals surface area contributed by atoms with Crippen molar-refractivity contribution >= 4 is 12.1 Å². The van der Waals surface area contributed by atoms with Crippen LogP contribution in [0, 0.1) is 17.8 Å². The van der Waals surface area contributed by atoms with E-state index >= 15 is 0 Å². The molecule has 0 aromatic heterocycles.